The Bertz CT molecular complexity index is 880. The van der Waals surface area contributed by atoms with Gasteiger partial charge in [0.1, 0.15) is 11.7 Å². The number of carbonyl (C=O) groups is 2. The highest BCUT2D eigenvalue weighted by Gasteiger charge is 2.45. The highest BCUT2D eigenvalue weighted by molar-refractivity contribution is 8.04. The van der Waals surface area contributed by atoms with E-state index in [2.05, 4.69) is 16.7 Å². The van der Waals surface area contributed by atoms with Gasteiger partial charge in [-0.15, -0.1) is 0 Å². The second kappa shape index (κ2) is 8.15. The van der Waals surface area contributed by atoms with E-state index in [0.29, 0.717) is 16.5 Å². The first-order valence-electron chi connectivity index (χ1n) is 8.22. The van der Waals surface area contributed by atoms with Crippen molar-refractivity contribution in [2.45, 2.75) is 26.0 Å². The highest BCUT2D eigenvalue weighted by atomic mass is 32.2. The first-order chi connectivity index (χ1) is 12.8. The Morgan fingerprint density at radius 2 is 2.04 bits per heavy atom. The number of hydrogen-bond donors (Lipinski definition) is 2. The Morgan fingerprint density at radius 1 is 1.37 bits per heavy atom. The predicted molar refractivity (Wildman–Crippen MR) is 102 cm³/mol. The van der Waals surface area contributed by atoms with Gasteiger partial charge in [-0.25, -0.2) is 0 Å². The molecule has 1 heterocycles. The SMILES string of the molecule is COc1ccccc1NC(=O)[C@H](C)SC1=C(C#N)C(C)(C)[C@@H](C#N)C(=O)N1. The predicted octanol–water partition coefficient (Wildman–Crippen LogP) is 2.79. The number of anilines is 1. The molecule has 1 aromatic carbocycles. The van der Waals surface area contributed by atoms with Crippen molar-refractivity contribution >= 4 is 29.3 Å². The molecule has 0 saturated heterocycles. The number of carbonyl (C=O) groups excluding carboxylic acids is 2. The van der Waals surface area contributed by atoms with Gasteiger partial charge >= 0.3 is 0 Å². The van der Waals surface area contributed by atoms with E-state index in [1.165, 1.54) is 7.11 Å². The minimum Gasteiger partial charge on any atom is -0.495 e. The van der Waals surface area contributed by atoms with Crippen LogP contribution in [-0.2, 0) is 9.59 Å². The van der Waals surface area contributed by atoms with Crippen LogP contribution in [0.5, 0.6) is 5.75 Å². The van der Waals surface area contributed by atoms with E-state index in [-0.39, 0.29) is 11.5 Å². The number of amides is 2. The molecule has 140 valence electrons. The molecule has 2 N–H and O–H groups in total. The fourth-order valence-corrected chi connectivity index (χ4v) is 3.83. The number of allylic oxidation sites excluding steroid dienone is 1. The van der Waals surface area contributed by atoms with Crippen molar-refractivity contribution < 1.29 is 14.3 Å². The molecule has 0 fully saturated rings. The maximum Gasteiger partial charge on any atom is 0.243 e. The van der Waals surface area contributed by atoms with Crippen LogP contribution < -0.4 is 15.4 Å². The van der Waals surface area contributed by atoms with Crippen LogP contribution in [0.1, 0.15) is 20.8 Å². The fraction of sp³-hybridized carbons (Fsp3) is 0.368. The maximum absolute atomic E-state index is 12.6. The van der Waals surface area contributed by atoms with Crippen molar-refractivity contribution in [1.29, 1.82) is 10.5 Å². The fourth-order valence-electron chi connectivity index (χ4n) is 2.73. The summed E-state index contributed by atoms with van der Waals surface area (Å²) in [5, 5.41) is 23.9. The zero-order valence-electron chi connectivity index (χ0n) is 15.5. The summed E-state index contributed by atoms with van der Waals surface area (Å²) in [4.78, 5) is 24.8. The average molecular weight is 384 g/mol. The number of thioether (sulfide) groups is 1. The molecule has 0 aromatic heterocycles. The number of nitriles is 2. The van der Waals surface area contributed by atoms with Crippen molar-refractivity contribution in [2.75, 3.05) is 12.4 Å². The third-order valence-electron chi connectivity index (χ3n) is 4.36. The maximum atomic E-state index is 12.6. The lowest BCUT2D eigenvalue weighted by atomic mass is 9.72. The summed E-state index contributed by atoms with van der Waals surface area (Å²) in [6, 6.07) is 11.1. The zero-order chi connectivity index (χ0) is 20.2. The van der Waals surface area contributed by atoms with Gasteiger partial charge in [-0.05, 0) is 19.1 Å². The van der Waals surface area contributed by atoms with Gasteiger partial charge < -0.3 is 15.4 Å². The normalized spacial score (nSPS) is 19.3. The van der Waals surface area contributed by atoms with E-state index >= 15 is 0 Å². The molecule has 1 aromatic rings. The molecule has 0 unspecified atom stereocenters. The standard InChI is InChI=1S/C19H20N4O3S/c1-11(16(24)22-14-7-5-6-8-15(14)26-4)27-18-13(10-21)19(2,3)12(9-20)17(25)23-18/h5-8,11-12H,1-4H3,(H,22,24)(H,23,25)/t11-,12-/m0/s1. The molecule has 0 aliphatic carbocycles. The number of nitrogens with one attached hydrogen (secondary N) is 2. The second-order valence-corrected chi connectivity index (χ2v) is 7.89. The van der Waals surface area contributed by atoms with E-state index in [4.69, 9.17) is 4.74 Å². The van der Waals surface area contributed by atoms with Crippen molar-refractivity contribution in [3.63, 3.8) is 0 Å². The van der Waals surface area contributed by atoms with Gasteiger partial charge in [0.25, 0.3) is 0 Å². The largest absolute Gasteiger partial charge is 0.495 e. The Labute approximate surface area is 162 Å². The third-order valence-corrected chi connectivity index (χ3v) is 5.47. The van der Waals surface area contributed by atoms with Gasteiger partial charge in [0.15, 0.2) is 0 Å². The summed E-state index contributed by atoms with van der Waals surface area (Å²) < 4.78 is 5.21. The number of nitrogens with zero attached hydrogens (tertiary/aromatic N) is 2. The first kappa shape index (κ1) is 20.3. The number of methoxy groups -OCH3 is 1. The van der Waals surface area contributed by atoms with E-state index in [1.54, 1.807) is 45.0 Å². The minimum absolute atomic E-state index is 0.288. The van der Waals surface area contributed by atoms with Gasteiger partial charge in [0.2, 0.25) is 11.8 Å². The zero-order valence-corrected chi connectivity index (χ0v) is 16.3. The molecule has 2 amide bonds. The average Bonchev–Trinajstić information content (AvgIpc) is 2.61. The van der Waals surface area contributed by atoms with Crippen molar-refractivity contribution in [1.82, 2.24) is 5.32 Å². The van der Waals surface area contributed by atoms with Crippen LogP contribution in [0.4, 0.5) is 5.69 Å². The smallest absolute Gasteiger partial charge is 0.243 e. The van der Waals surface area contributed by atoms with Crippen LogP contribution >= 0.6 is 11.8 Å². The van der Waals surface area contributed by atoms with Crippen LogP contribution in [-0.4, -0.2) is 24.2 Å². The Hall–Kier alpha value is -2.97. The molecule has 8 heteroatoms. The van der Waals surface area contributed by atoms with E-state index in [0.717, 1.165) is 11.8 Å². The number of hydrogen-bond acceptors (Lipinski definition) is 6. The Morgan fingerprint density at radius 3 is 2.63 bits per heavy atom. The van der Waals surface area contributed by atoms with Crippen LogP contribution in [0.15, 0.2) is 34.9 Å². The summed E-state index contributed by atoms with van der Waals surface area (Å²) in [7, 11) is 1.51. The molecule has 0 radical (unpaired) electrons. The molecule has 0 spiro atoms. The highest BCUT2D eigenvalue weighted by Crippen LogP contribution is 2.42. The summed E-state index contributed by atoms with van der Waals surface area (Å²) >= 11 is 1.08. The van der Waals surface area contributed by atoms with E-state index in [1.807, 2.05) is 6.07 Å². The number of benzene rings is 1. The summed E-state index contributed by atoms with van der Waals surface area (Å²) in [5.41, 5.74) is -0.118. The monoisotopic (exact) mass is 384 g/mol. The Balaban J connectivity index is 2.23. The second-order valence-electron chi connectivity index (χ2n) is 6.54. The van der Waals surface area contributed by atoms with E-state index in [9.17, 15) is 20.1 Å². The van der Waals surface area contributed by atoms with Gasteiger partial charge in [0, 0.05) is 5.41 Å². The van der Waals surface area contributed by atoms with Crippen LogP contribution in [0.2, 0.25) is 0 Å². The van der Waals surface area contributed by atoms with Gasteiger partial charge in [-0.2, -0.15) is 10.5 Å². The molecule has 2 rings (SSSR count). The third kappa shape index (κ3) is 4.07. The molecule has 0 saturated carbocycles. The van der Waals surface area contributed by atoms with Crippen molar-refractivity contribution in [2.24, 2.45) is 11.3 Å². The lowest BCUT2D eigenvalue weighted by Gasteiger charge is -2.35. The molecule has 1 aliphatic heterocycles. The number of rotatable bonds is 5. The lowest BCUT2D eigenvalue weighted by molar-refractivity contribution is -0.125. The van der Waals surface area contributed by atoms with Crippen LogP contribution in [0.3, 0.4) is 0 Å². The molecular formula is C19H20N4O3S. The van der Waals surface area contributed by atoms with Crippen molar-refractivity contribution in [3.05, 3.63) is 34.9 Å². The van der Waals surface area contributed by atoms with Crippen LogP contribution in [0.25, 0.3) is 0 Å². The summed E-state index contributed by atoms with van der Waals surface area (Å²) in [6.07, 6.45) is 0. The minimum atomic E-state index is -0.964. The summed E-state index contributed by atoms with van der Waals surface area (Å²) in [6.45, 7) is 5.03. The topological polar surface area (TPSA) is 115 Å². The molecule has 7 nitrogen and oxygen atoms in total. The van der Waals surface area contributed by atoms with Crippen LogP contribution in [0, 0.1) is 34.0 Å². The molecule has 0 bridgehead atoms. The van der Waals surface area contributed by atoms with Crippen molar-refractivity contribution in [3.8, 4) is 17.9 Å². The Kier molecular flexibility index (Phi) is 6.14. The molecule has 1 aliphatic rings. The van der Waals surface area contributed by atoms with Gasteiger partial charge in [-0.1, -0.05) is 37.7 Å². The summed E-state index contributed by atoms with van der Waals surface area (Å²) in [5.74, 6) is -1.21. The lowest BCUT2D eigenvalue weighted by Crippen LogP contribution is -2.45. The van der Waals surface area contributed by atoms with Gasteiger partial charge in [-0.3, -0.25) is 9.59 Å². The number of para-hydroxylation sites is 2. The number of ether oxygens (including phenoxy) is 1. The molecule has 27 heavy (non-hydrogen) atoms. The molecule has 2 atom stereocenters. The van der Waals surface area contributed by atoms with E-state index < -0.39 is 22.5 Å². The molecular weight excluding hydrogens is 364 g/mol. The quantitative estimate of drug-likeness (QED) is 0.807. The first-order valence-corrected chi connectivity index (χ1v) is 9.10. The van der Waals surface area contributed by atoms with Gasteiger partial charge in [0.05, 0.1) is 40.8 Å².